The monoisotopic (exact) mass is 798 g/mol. The fourth-order valence-corrected chi connectivity index (χ4v) is 8.21. The molecule has 0 aliphatic heterocycles. The minimum atomic E-state index is -0.295. The Morgan fingerprint density at radius 1 is 0.537 bits per heavy atom. The Hall–Kier alpha value is -3.46. The van der Waals surface area contributed by atoms with Crippen LogP contribution >= 0.6 is 37.2 Å². The van der Waals surface area contributed by atoms with E-state index in [-0.39, 0.29) is 65.9 Å². The van der Waals surface area contributed by atoms with Gasteiger partial charge in [-0.2, -0.15) is 0 Å². The molecule has 4 aromatic carbocycles. The number of carbonyl (C=O) groups is 2. The molecule has 6 nitrogen and oxygen atoms in total. The first kappa shape index (κ1) is 46.7. The van der Waals surface area contributed by atoms with Gasteiger partial charge in [-0.05, 0) is 139 Å². The molecule has 294 valence electrons. The molecule has 0 unspecified atom stereocenters. The Labute approximate surface area is 340 Å². The minimum absolute atomic E-state index is 0. The first-order valence-electron chi connectivity index (χ1n) is 18.5. The van der Waals surface area contributed by atoms with Crippen molar-refractivity contribution < 1.29 is 14.0 Å². The van der Waals surface area contributed by atoms with Crippen molar-refractivity contribution in [1.29, 1.82) is 0 Å². The highest BCUT2D eigenvalue weighted by Crippen LogP contribution is 2.45. The minimum Gasteiger partial charge on any atom is -0.326 e. The average molecular weight is 800 g/mol. The van der Waals surface area contributed by atoms with Crippen LogP contribution in [0.1, 0.15) is 75.3 Å². The summed E-state index contributed by atoms with van der Waals surface area (Å²) in [7, 11) is 8.65. The van der Waals surface area contributed by atoms with Gasteiger partial charge >= 0.3 is 0 Å². The zero-order chi connectivity index (χ0) is 36.3. The van der Waals surface area contributed by atoms with E-state index in [2.05, 4.69) is 109 Å². The number of hydrogen-bond donors (Lipinski definition) is 2. The molecule has 0 atom stereocenters. The molecule has 4 aromatic rings. The van der Waals surface area contributed by atoms with Crippen LogP contribution in [0.4, 0.5) is 15.8 Å². The molecule has 6 rings (SSSR count). The molecule has 2 aliphatic carbocycles. The zero-order valence-electron chi connectivity index (χ0n) is 32.0. The van der Waals surface area contributed by atoms with E-state index >= 15 is 0 Å². The van der Waals surface area contributed by atoms with Gasteiger partial charge in [0.1, 0.15) is 5.82 Å². The molecule has 0 aromatic heterocycles. The van der Waals surface area contributed by atoms with Crippen LogP contribution in [0, 0.1) is 17.7 Å². The van der Waals surface area contributed by atoms with Crippen LogP contribution < -0.4 is 10.6 Å². The highest BCUT2D eigenvalue weighted by Gasteiger charge is 2.40. The standard InChI is InChI=1S/C22H27FN2O.C22H28N2O.3ClH/c1-25(2)22(18-6-4-3-5-7-18)14-12-17(13-15-22)16-21(26)24-20-10-8-19(23)9-11-20;1-24(2)22(19-9-5-3-6-10-19)15-13-18(14-16-22)17-21(25)23-20-11-7-4-8-12-20;;;/h3-11,17H,12-16H2,1-2H3,(H,24,26);3-12,18H,13-17H2,1-2H3,(H,23,25);3*1H. The summed E-state index contributed by atoms with van der Waals surface area (Å²) in [5, 5.41) is 5.89. The lowest BCUT2D eigenvalue weighted by Crippen LogP contribution is -2.44. The van der Waals surface area contributed by atoms with E-state index in [0.717, 1.165) is 57.1 Å². The lowest BCUT2D eigenvalue weighted by molar-refractivity contribution is -0.118. The summed E-state index contributed by atoms with van der Waals surface area (Å²) in [6.45, 7) is 0. The molecule has 0 radical (unpaired) electrons. The second kappa shape index (κ2) is 22.2. The second-order valence-corrected chi connectivity index (χ2v) is 14.8. The average Bonchev–Trinajstić information content (AvgIpc) is 3.14. The SMILES string of the molecule is CN(C)C1(c2ccccc2)CCC(CC(=O)Nc2ccc(F)cc2)CC1.CN(C)C1(c2ccccc2)CCC(CC(=O)Nc2ccccc2)CC1.Cl.Cl.Cl. The number of nitrogens with zero attached hydrogens (tertiary/aromatic N) is 2. The molecule has 10 heteroatoms. The van der Waals surface area contributed by atoms with Crippen molar-refractivity contribution in [2.75, 3.05) is 38.8 Å². The molecule has 0 bridgehead atoms. The number of para-hydroxylation sites is 1. The van der Waals surface area contributed by atoms with Crippen LogP contribution in [0.5, 0.6) is 0 Å². The predicted octanol–water partition coefficient (Wildman–Crippen LogP) is 10.7. The third kappa shape index (κ3) is 12.3. The number of carbonyl (C=O) groups excluding carboxylic acids is 2. The largest absolute Gasteiger partial charge is 0.326 e. The Morgan fingerprint density at radius 3 is 1.19 bits per heavy atom. The quantitative estimate of drug-likeness (QED) is 0.168. The van der Waals surface area contributed by atoms with Gasteiger partial charge in [-0.25, -0.2) is 4.39 Å². The van der Waals surface area contributed by atoms with Crippen molar-refractivity contribution in [1.82, 2.24) is 9.80 Å². The summed E-state index contributed by atoms with van der Waals surface area (Å²) in [6.07, 6.45) is 9.71. The number of hydrogen-bond acceptors (Lipinski definition) is 4. The molecule has 2 fully saturated rings. The molecule has 2 aliphatic rings. The van der Waals surface area contributed by atoms with E-state index in [1.165, 1.54) is 23.3 Å². The van der Waals surface area contributed by atoms with Gasteiger partial charge < -0.3 is 10.6 Å². The van der Waals surface area contributed by atoms with Crippen molar-refractivity contribution >= 4 is 60.4 Å². The first-order valence-corrected chi connectivity index (χ1v) is 18.5. The highest BCUT2D eigenvalue weighted by atomic mass is 35.5. The molecule has 54 heavy (non-hydrogen) atoms. The van der Waals surface area contributed by atoms with Crippen molar-refractivity contribution in [3.8, 4) is 0 Å². The maximum Gasteiger partial charge on any atom is 0.224 e. The van der Waals surface area contributed by atoms with Crippen LogP contribution in [0.25, 0.3) is 0 Å². The van der Waals surface area contributed by atoms with Gasteiger partial charge in [-0.3, -0.25) is 19.4 Å². The van der Waals surface area contributed by atoms with Crippen molar-refractivity contribution in [3.63, 3.8) is 0 Å². The third-order valence-corrected chi connectivity index (χ3v) is 11.3. The van der Waals surface area contributed by atoms with Crippen LogP contribution in [-0.4, -0.2) is 49.8 Å². The molecule has 2 saturated carbocycles. The van der Waals surface area contributed by atoms with Gasteiger partial charge in [0, 0.05) is 35.3 Å². The van der Waals surface area contributed by atoms with Crippen molar-refractivity contribution in [2.24, 2.45) is 11.8 Å². The summed E-state index contributed by atoms with van der Waals surface area (Å²) < 4.78 is 13.0. The van der Waals surface area contributed by atoms with E-state index < -0.39 is 0 Å². The van der Waals surface area contributed by atoms with Gasteiger partial charge in [0.25, 0.3) is 0 Å². The van der Waals surface area contributed by atoms with Gasteiger partial charge in [0.05, 0.1) is 0 Å². The van der Waals surface area contributed by atoms with Crippen LogP contribution in [0.15, 0.2) is 115 Å². The number of nitrogens with one attached hydrogen (secondary N) is 2. The van der Waals surface area contributed by atoms with E-state index in [1.807, 2.05) is 30.3 Å². The smallest absolute Gasteiger partial charge is 0.224 e. The lowest BCUT2D eigenvalue weighted by atomic mass is 9.71. The summed E-state index contributed by atoms with van der Waals surface area (Å²) in [6, 6.07) is 37.1. The lowest BCUT2D eigenvalue weighted by Gasteiger charge is -2.45. The summed E-state index contributed by atoms with van der Waals surface area (Å²) >= 11 is 0. The fraction of sp³-hybridized carbons (Fsp3) is 0.409. The van der Waals surface area contributed by atoms with Crippen molar-refractivity contribution in [3.05, 3.63) is 132 Å². The fourth-order valence-electron chi connectivity index (χ4n) is 8.21. The van der Waals surface area contributed by atoms with Gasteiger partial charge in [-0.1, -0.05) is 78.9 Å². The predicted molar refractivity (Wildman–Crippen MR) is 229 cm³/mol. The number of rotatable bonds is 10. The maximum atomic E-state index is 13.0. The summed E-state index contributed by atoms with van der Waals surface area (Å²) in [5.41, 5.74) is 4.46. The Kier molecular flexibility index (Phi) is 19.2. The molecule has 2 N–H and O–H groups in total. The number of anilines is 2. The van der Waals surface area contributed by atoms with Crippen LogP contribution in [0.3, 0.4) is 0 Å². The van der Waals surface area contributed by atoms with Crippen LogP contribution in [-0.2, 0) is 20.7 Å². The second-order valence-electron chi connectivity index (χ2n) is 14.8. The Balaban J connectivity index is 0.000000354. The maximum absolute atomic E-state index is 13.0. The van der Waals surface area contributed by atoms with E-state index in [0.29, 0.717) is 30.4 Å². The van der Waals surface area contributed by atoms with Gasteiger partial charge in [0.2, 0.25) is 11.8 Å². The first-order chi connectivity index (χ1) is 24.6. The summed E-state index contributed by atoms with van der Waals surface area (Å²) in [4.78, 5) is 29.3. The molecular formula is C44H58Cl3FN4O2. The highest BCUT2D eigenvalue weighted by molar-refractivity contribution is 5.91. The number of benzene rings is 4. The van der Waals surface area contributed by atoms with E-state index in [9.17, 15) is 14.0 Å². The molecule has 2 amide bonds. The van der Waals surface area contributed by atoms with Gasteiger partial charge in [0.15, 0.2) is 0 Å². The van der Waals surface area contributed by atoms with E-state index in [1.54, 1.807) is 12.1 Å². The molecule has 0 spiro atoms. The van der Waals surface area contributed by atoms with Gasteiger partial charge in [-0.15, -0.1) is 37.2 Å². The Bertz CT molecular complexity index is 1660. The number of halogens is 4. The zero-order valence-corrected chi connectivity index (χ0v) is 34.5. The topological polar surface area (TPSA) is 64.7 Å². The third-order valence-electron chi connectivity index (χ3n) is 11.3. The molecular weight excluding hydrogens is 742 g/mol. The Morgan fingerprint density at radius 2 is 0.852 bits per heavy atom. The summed E-state index contributed by atoms with van der Waals surface area (Å²) in [5.74, 6) is 0.718. The van der Waals surface area contributed by atoms with Crippen molar-refractivity contribution in [2.45, 2.75) is 75.3 Å². The molecule has 0 saturated heterocycles. The van der Waals surface area contributed by atoms with Crippen LogP contribution in [0.2, 0.25) is 0 Å². The van der Waals surface area contributed by atoms with E-state index in [4.69, 9.17) is 0 Å². The number of amides is 2. The molecule has 0 heterocycles. The normalized spacial score (nSPS) is 21.9.